The van der Waals surface area contributed by atoms with Crippen LogP contribution in [-0.4, -0.2) is 58.1 Å². The van der Waals surface area contributed by atoms with E-state index in [-0.39, 0.29) is 30.5 Å². The molecule has 1 fully saturated rings. The SMILES string of the molecule is COC1C(C)OC(OC2Cc3ccc(N)cc3C2)C(OC)C1OC. The Bertz CT molecular complexity index is 566. The maximum absolute atomic E-state index is 6.25. The van der Waals surface area contributed by atoms with E-state index in [0.29, 0.717) is 0 Å². The van der Waals surface area contributed by atoms with Crippen LogP contribution in [0.2, 0.25) is 0 Å². The van der Waals surface area contributed by atoms with E-state index in [9.17, 15) is 0 Å². The van der Waals surface area contributed by atoms with E-state index < -0.39 is 6.29 Å². The van der Waals surface area contributed by atoms with Gasteiger partial charge in [0.15, 0.2) is 6.29 Å². The topological polar surface area (TPSA) is 72.2 Å². The van der Waals surface area contributed by atoms with Crippen molar-refractivity contribution in [1.29, 1.82) is 0 Å². The summed E-state index contributed by atoms with van der Waals surface area (Å²) in [5.41, 5.74) is 9.19. The van der Waals surface area contributed by atoms with Gasteiger partial charge in [0.25, 0.3) is 0 Å². The minimum Gasteiger partial charge on any atom is -0.399 e. The fourth-order valence-electron chi connectivity index (χ4n) is 3.81. The maximum atomic E-state index is 6.25. The lowest BCUT2D eigenvalue weighted by molar-refractivity contribution is -0.314. The summed E-state index contributed by atoms with van der Waals surface area (Å²) in [6.45, 7) is 1.96. The van der Waals surface area contributed by atoms with E-state index in [2.05, 4.69) is 6.07 Å². The van der Waals surface area contributed by atoms with Gasteiger partial charge in [0.2, 0.25) is 0 Å². The molecule has 0 amide bonds. The molecule has 1 aliphatic carbocycles. The highest BCUT2D eigenvalue weighted by atomic mass is 16.7. The van der Waals surface area contributed by atoms with Crippen molar-refractivity contribution in [2.75, 3.05) is 27.1 Å². The van der Waals surface area contributed by atoms with Gasteiger partial charge in [-0.1, -0.05) is 6.07 Å². The smallest absolute Gasteiger partial charge is 0.187 e. The number of methoxy groups -OCH3 is 3. The summed E-state index contributed by atoms with van der Waals surface area (Å²) < 4.78 is 29.0. The van der Waals surface area contributed by atoms with Crippen molar-refractivity contribution in [2.45, 2.75) is 56.6 Å². The zero-order valence-electron chi connectivity index (χ0n) is 14.7. The van der Waals surface area contributed by atoms with Crippen molar-refractivity contribution in [3.63, 3.8) is 0 Å². The minimum atomic E-state index is -0.488. The van der Waals surface area contributed by atoms with E-state index in [1.54, 1.807) is 21.3 Å². The first-order chi connectivity index (χ1) is 11.6. The van der Waals surface area contributed by atoms with E-state index in [1.165, 1.54) is 11.1 Å². The number of fused-ring (bicyclic) bond motifs is 1. The van der Waals surface area contributed by atoms with E-state index in [1.807, 2.05) is 19.1 Å². The third-order valence-electron chi connectivity index (χ3n) is 5.00. The Morgan fingerprint density at radius 3 is 2.29 bits per heavy atom. The number of benzene rings is 1. The summed E-state index contributed by atoms with van der Waals surface area (Å²) in [5.74, 6) is 0. The summed E-state index contributed by atoms with van der Waals surface area (Å²) in [4.78, 5) is 0. The fourth-order valence-corrected chi connectivity index (χ4v) is 3.81. The third-order valence-corrected chi connectivity index (χ3v) is 5.00. The van der Waals surface area contributed by atoms with Gasteiger partial charge in [0.05, 0.1) is 12.2 Å². The van der Waals surface area contributed by atoms with Crippen LogP contribution in [0, 0.1) is 0 Å². The molecule has 0 radical (unpaired) electrons. The number of ether oxygens (including phenoxy) is 5. The molecular weight excluding hydrogens is 310 g/mol. The zero-order valence-corrected chi connectivity index (χ0v) is 14.7. The van der Waals surface area contributed by atoms with Crippen LogP contribution in [0.4, 0.5) is 5.69 Å². The van der Waals surface area contributed by atoms with Gasteiger partial charge >= 0.3 is 0 Å². The van der Waals surface area contributed by atoms with Gasteiger partial charge in [-0.25, -0.2) is 0 Å². The molecule has 1 aromatic rings. The Balaban J connectivity index is 1.70. The lowest BCUT2D eigenvalue weighted by Gasteiger charge is -2.44. The molecule has 3 rings (SSSR count). The molecule has 6 heteroatoms. The van der Waals surface area contributed by atoms with Gasteiger partial charge in [-0.2, -0.15) is 0 Å². The van der Waals surface area contributed by atoms with Crippen molar-refractivity contribution < 1.29 is 23.7 Å². The van der Waals surface area contributed by atoms with Gasteiger partial charge in [0.1, 0.15) is 18.3 Å². The first kappa shape index (κ1) is 17.6. The monoisotopic (exact) mass is 337 g/mol. The molecule has 2 N–H and O–H groups in total. The molecule has 6 unspecified atom stereocenters. The van der Waals surface area contributed by atoms with Gasteiger partial charge < -0.3 is 29.4 Å². The molecule has 24 heavy (non-hydrogen) atoms. The summed E-state index contributed by atoms with van der Waals surface area (Å²) in [7, 11) is 4.96. The van der Waals surface area contributed by atoms with E-state index in [0.717, 1.165) is 18.5 Å². The van der Waals surface area contributed by atoms with Gasteiger partial charge in [-0.3, -0.25) is 0 Å². The Morgan fingerprint density at radius 2 is 1.62 bits per heavy atom. The van der Waals surface area contributed by atoms with Crippen molar-refractivity contribution in [2.24, 2.45) is 0 Å². The van der Waals surface area contributed by atoms with Crippen LogP contribution in [0.15, 0.2) is 18.2 Å². The molecule has 1 aliphatic heterocycles. The first-order valence-corrected chi connectivity index (χ1v) is 8.34. The lowest BCUT2D eigenvalue weighted by Crippen LogP contribution is -2.59. The van der Waals surface area contributed by atoms with Gasteiger partial charge in [0, 0.05) is 27.0 Å². The number of anilines is 1. The van der Waals surface area contributed by atoms with Gasteiger partial charge in [-0.05, 0) is 43.0 Å². The van der Waals surface area contributed by atoms with Crippen molar-refractivity contribution in [3.8, 4) is 0 Å². The molecule has 1 aromatic carbocycles. The standard InChI is InChI=1S/C18H27NO5/c1-10-15(20-2)16(21-3)17(22-4)18(23-10)24-14-8-11-5-6-13(19)7-12(11)9-14/h5-7,10,14-18H,8-9,19H2,1-4H3. The highest BCUT2D eigenvalue weighted by molar-refractivity contribution is 5.47. The number of rotatable bonds is 5. The normalized spacial score (nSPS) is 35.8. The second-order valence-corrected chi connectivity index (χ2v) is 6.51. The van der Waals surface area contributed by atoms with Crippen LogP contribution in [0.5, 0.6) is 0 Å². The fraction of sp³-hybridized carbons (Fsp3) is 0.667. The van der Waals surface area contributed by atoms with Crippen molar-refractivity contribution >= 4 is 5.69 Å². The molecule has 0 bridgehead atoms. The largest absolute Gasteiger partial charge is 0.399 e. The summed E-state index contributed by atoms with van der Waals surface area (Å²) in [6, 6.07) is 6.03. The maximum Gasteiger partial charge on any atom is 0.187 e. The van der Waals surface area contributed by atoms with Crippen LogP contribution in [0.3, 0.4) is 0 Å². The predicted octanol–water partition coefficient (Wildman–Crippen LogP) is 1.54. The van der Waals surface area contributed by atoms with Crippen LogP contribution in [-0.2, 0) is 36.5 Å². The average Bonchev–Trinajstić information content (AvgIpc) is 2.95. The van der Waals surface area contributed by atoms with Crippen LogP contribution < -0.4 is 5.73 Å². The van der Waals surface area contributed by atoms with Crippen LogP contribution in [0.25, 0.3) is 0 Å². The summed E-state index contributed by atoms with van der Waals surface area (Å²) in [6.07, 6.45) is 0.322. The lowest BCUT2D eigenvalue weighted by atomic mass is 9.99. The van der Waals surface area contributed by atoms with Crippen molar-refractivity contribution in [1.82, 2.24) is 0 Å². The molecule has 134 valence electrons. The second kappa shape index (κ2) is 7.37. The molecular formula is C18H27NO5. The van der Waals surface area contributed by atoms with E-state index in [4.69, 9.17) is 29.4 Å². The van der Waals surface area contributed by atoms with E-state index >= 15 is 0 Å². The number of nitrogens with two attached hydrogens (primary N) is 1. The average molecular weight is 337 g/mol. The molecule has 2 aliphatic rings. The number of hydrogen-bond acceptors (Lipinski definition) is 6. The summed E-state index contributed by atoms with van der Waals surface area (Å²) >= 11 is 0. The second-order valence-electron chi connectivity index (χ2n) is 6.51. The Labute approximate surface area is 143 Å². The third kappa shape index (κ3) is 3.30. The predicted molar refractivity (Wildman–Crippen MR) is 89.9 cm³/mol. The zero-order chi connectivity index (χ0) is 17.3. The quantitative estimate of drug-likeness (QED) is 0.822. The molecule has 0 aromatic heterocycles. The molecule has 1 heterocycles. The molecule has 6 atom stereocenters. The summed E-state index contributed by atoms with van der Waals surface area (Å²) in [5, 5.41) is 0. The highest BCUT2D eigenvalue weighted by Crippen LogP contribution is 2.32. The number of hydrogen-bond donors (Lipinski definition) is 1. The minimum absolute atomic E-state index is 0.0493. The molecule has 6 nitrogen and oxygen atoms in total. The Morgan fingerprint density at radius 1 is 0.958 bits per heavy atom. The molecule has 0 spiro atoms. The highest BCUT2D eigenvalue weighted by Gasteiger charge is 2.47. The molecule has 0 saturated carbocycles. The van der Waals surface area contributed by atoms with Crippen LogP contribution in [0.1, 0.15) is 18.1 Å². The Kier molecular flexibility index (Phi) is 5.42. The Hall–Kier alpha value is -1.18. The van der Waals surface area contributed by atoms with Gasteiger partial charge in [-0.15, -0.1) is 0 Å². The number of nitrogen functional groups attached to an aromatic ring is 1. The first-order valence-electron chi connectivity index (χ1n) is 8.34. The van der Waals surface area contributed by atoms with Crippen molar-refractivity contribution in [3.05, 3.63) is 29.3 Å². The van der Waals surface area contributed by atoms with Crippen LogP contribution >= 0.6 is 0 Å². The molecule has 1 saturated heterocycles.